The first-order valence-electron chi connectivity index (χ1n) is 14.3. The summed E-state index contributed by atoms with van der Waals surface area (Å²) in [6.07, 6.45) is -5.91. The third-order valence-electron chi connectivity index (χ3n) is 6.97. The van der Waals surface area contributed by atoms with Crippen LogP contribution in [0.2, 0.25) is 0 Å². The van der Waals surface area contributed by atoms with Crippen molar-refractivity contribution in [1.29, 1.82) is 0 Å². The van der Waals surface area contributed by atoms with Gasteiger partial charge in [-0.25, -0.2) is 19.2 Å². The molecule has 1 saturated heterocycles. The Kier molecular flexibility index (Phi) is 9.88. The van der Waals surface area contributed by atoms with Crippen molar-refractivity contribution in [2.75, 3.05) is 13.2 Å². The van der Waals surface area contributed by atoms with E-state index in [4.69, 9.17) is 23.7 Å². The van der Waals surface area contributed by atoms with E-state index < -0.39 is 72.0 Å². The average molecular weight is 628 g/mol. The molecular weight excluding hydrogens is 598 g/mol. The lowest BCUT2D eigenvalue weighted by atomic mass is 10.1. The number of benzene rings is 3. The summed E-state index contributed by atoms with van der Waals surface area (Å²) in [5.74, 6) is -3.90. The van der Waals surface area contributed by atoms with Crippen LogP contribution >= 0.6 is 0 Å². The highest BCUT2D eigenvalue weighted by molar-refractivity contribution is 5.91. The molecule has 12 nitrogen and oxygen atoms in total. The molecule has 0 aliphatic carbocycles. The summed E-state index contributed by atoms with van der Waals surface area (Å²) in [5.41, 5.74) is -0.803. The van der Waals surface area contributed by atoms with Crippen LogP contribution in [0.1, 0.15) is 54.7 Å². The van der Waals surface area contributed by atoms with Gasteiger partial charge in [0.25, 0.3) is 5.56 Å². The van der Waals surface area contributed by atoms with Gasteiger partial charge < -0.3 is 28.8 Å². The molecule has 3 aromatic carbocycles. The number of esters is 4. The van der Waals surface area contributed by atoms with Crippen molar-refractivity contribution < 1.29 is 48.0 Å². The number of aromatic nitrogens is 1. The zero-order chi connectivity index (χ0) is 32.6. The van der Waals surface area contributed by atoms with Crippen LogP contribution in [0.15, 0.2) is 108 Å². The monoisotopic (exact) mass is 627 g/mol. The molecule has 0 radical (unpaired) electrons. The highest BCUT2D eigenvalue weighted by atomic mass is 16.7. The Bertz CT molecular complexity index is 1760. The lowest BCUT2D eigenvalue weighted by Crippen LogP contribution is -2.43. The van der Waals surface area contributed by atoms with E-state index in [0.29, 0.717) is 0 Å². The van der Waals surface area contributed by atoms with Gasteiger partial charge in [-0.2, -0.15) is 0 Å². The summed E-state index contributed by atoms with van der Waals surface area (Å²) in [6, 6.07) is 25.8. The molecule has 1 N–H and O–H groups in total. The Hall–Kier alpha value is -5.75. The molecule has 1 aromatic heterocycles. The summed E-state index contributed by atoms with van der Waals surface area (Å²) in [7, 11) is 0. The maximum absolute atomic E-state index is 13.4. The first-order valence-corrected chi connectivity index (χ1v) is 14.3. The minimum atomic E-state index is -1.60. The molecule has 0 saturated carbocycles. The third kappa shape index (κ3) is 7.13. The van der Waals surface area contributed by atoms with E-state index in [1.165, 1.54) is 24.3 Å². The van der Waals surface area contributed by atoms with E-state index in [-0.39, 0.29) is 23.3 Å². The van der Waals surface area contributed by atoms with Gasteiger partial charge in [0, 0.05) is 12.1 Å². The highest BCUT2D eigenvalue weighted by Crippen LogP contribution is 2.36. The quantitative estimate of drug-likeness (QED) is 0.201. The molecule has 0 amide bonds. The van der Waals surface area contributed by atoms with Crippen molar-refractivity contribution in [2.45, 2.75) is 31.5 Å². The molecular formula is C34H29NO11. The summed E-state index contributed by atoms with van der Waals surface area (Å²) >= 11 is 0. The largest absolute Gasteiger partial charge is 0.508 e. The van der Waals surface area contributed by atoms with Gasteiger partial charge in [-0.1, -0.05) is 54.6 Å². The van der Waals surface area contributed by atoms with Gasteiger partial charge in [-0.3, -0.25) is 9.36 Å². The van der Waals surface area contributed by atoms with E-state index in [2.05, 4.69) is 0 Å². The van der Waals surface area contributed by atoms with Crippen LogP contribution in [0.5, 0.6) is 5.75 Å². The molecule has 1 aliphatic heterocycles. The lowest BCUT2D eigenvalue weighted by Gasteiger charge is -2.26. The average Bonchev–Trinajstić information content (AvgIpc) is 3.39. The minimum absolute atomic E-state index is 0.0595. The fourth-order valence-electron chi connectivity index (χ4n) is 4.86. The predicted octanol–water partition coefficient (Wildman–Crippen LogP) is 3.94. The molecule has 0 spiro atoms. The van der Waals surface area contributed by atoms with Crippen LogP contribution in [0.4, 0.5) is 0 Å². The number of ether oxygens (including phenoxy) is 5. The van der Waals surface area contributed by atoms with Crippen molar-refractivity contribution in [2.24, 2.45) is 0 Å². The number of hydrogen-bond acceptors (Lipinski definition) is 11. The third-order valence-corrected chi connectivity index (χ3v) is 6.97. The second-order valence-electron chi connectivity index (χ2n) is 10.0. The molecule has 4 atom stereocenters. The molecule has 4 aromatic rings. The maximum atomic E-state index is 13.4. The predicted molar refractivity (Wildman–Crippen MR) is 160 cm³/mol. The molecule has 0 bridgehead atoms. The molecule has 46 heavy (non-hydrogen) atoms. The van der Waals surface area contributed by atoms with Crippen LogP contribution in [0.3, 0.4) is 0 Å². The normalized spacial score (nSPS) is 18.7. The van der Waals surface area contributed by atoms with Crippen molar-refractivity contribution >= 4 is 23.9 Å². The second-order valence-corrected chi connectivity index (χ2v) is 10.0. The van der Waals surface area contributed by atoms with E-state index in [1.807, 2.05) is 0 Å². The molecule has 5 rings (SSSR count). The Balaban J connectivity index is 1.58. The number of carbonyl (C=O) groups excluding carboxylic acids is 4. The number of rotatable bonds is 10. The van der Waals surface area contributed by atoms with Crippen LogP contribution in [-0.2, 0) is 23.7 Å². The molecule has 0 unspecified atom stereocenters. The van der Waals surface area contributed by atoms with Crippen molar-refractivity contribution in [3.05, 3.63) is 136 Å². The van der Waals surface area contributed by atoms with Crippen LogP contribution in [-0.4, -0.2) is 65.1 Å². The Morgan fingerprint density at radius 2 is 1.20 bits per heavy atom. The van der Waals surface area contributed by atoms with E-state index in [1.54, 1.807) is 73.7 Å². The molecule has 1 fully saturated rings. The van der Waals surface area contributed by atoms with Gasteiger partial charge in [0.15, 0.2) is 18.4 Å². The van der Waals surface area contributed by atoms with Crippen molar-refractivity contribution in [1.82, 2.24) is 4.57 Å². The zero-order valence-electron chi connectivity index (χ0n) is 24.5. The highest BCUT2D eigenvalue weighted by Gasteiger charge is 2.52. The smallest absolute Gasteiger partial charge is 0.355 e. The van der Waals surface area contributed by atoms with Crippen molar-refractivity contribution in [3.8, 4) is 5.75 Å². The van der Waals surface area contributed by atoms with Gasteiger partial charge in [0.2, 0.25) is 0 Å². The Morgan fingerprint density at radius 3 is 1.72 bits per heavy atom. The molecule has 1 aliphatic rings. The van der Waals surface area contributed by atoms with E-state index in [9.17, 15) is 29.1 Å². The first-order chi connectivity index (χ1) is 22.3. The Morgan fingerprint density at radius 1 is 0.696 bits per heavy atom. The number of hydrogen-bond donors (Lipinski definition) is 1. The number of aromatic hydroxyl groups is 1. The molecule has 236 valence electrons. The van der Waals surface area contributed by atoms with Crippen LogP contribution in [0, 0.1) is 0 Å². The SMILES string of the molecule is CCOC(=O)c1cc(O)cc(=O)n1[C@@H]1O[C@@H](COC(=O)c2ccccc2)[C@@H](OC(=O)c2ccccc2)[C@@H]1OC(=O)c1ccccc1. The fourth-order valence-corrected chi connectivity index (χ4v) is 4.86. The molecule has 12 heteroatoms. The van der Waals surface area contributed by atoms with Gasteiger partial charge in [-0.15, -0.1) is 0 Å². The van der Waals surface area contributed by atoms with Crippen LogP contribution < -0.4 is 5.56 Å². The zero-order valence-corrected chi connectivity index (χ0v) is 24.5. The maximum Gasteiger partial charge on any atom is 0.355 e. The van der Waals surface area contributed by atoms with Gasteiger partial charge in [-0.05, 0) is 43.3 Å². The second kappa shape index (κ2) is 14.4. The first kappa shape index (κ1) is 31.7. The summed E-state index contributed by atoms with van der Waals surface area (Å²) < 4.78 is 29.3. The van der Waals surface area contributed by atoms with E-state index >= 15 is 0 Å². The van der Waals surface area contributed by atoms with Crippen molar-refractivity contribution in [3.63, 3.8) is 0 Å². The van der Waals surface area contributed by atoms with Crippen LogP contribution in [0.25, 0.3) is 0 Å². The summed E-state index contributed by atoms with van der Waals surface area (Å²) in [5, 5.41) is 10.2. The summed E-state index contributed by atoms with van der Waals surface area (Å²) in [4.78, 5) is 65.8. The van der Waals surface area contributed by atoms with E-state index in [0.717, 1.165) is 16.7 Å². The summed E-state index contributed by atoms with van der Waals surface area (Å²) in [6.45, 7) is 0.990. The standard InChI is InChI=1S/C34H29NO11/c1-2-42-34(41)25-18-24(36)19-27(37)35(25)30-29(46-33(40)23-16-10-5-11-17-23)28(45-32(39)22-14-8-4-9-15-22)26(44-30)20-43-31(38)21-12-6-3-7-13-21/h3-19,26,28-30,36H,2,20H2,1H3/t26-,28+,29-,30+/m0/s1. The number of pyridine rings is 1. The fraction of sp³-hybridized carbons (Fsp3) is 0.206. The Labute approximate surface area is 262 Å². The molecule has 2 heterocycles. The van der Waals surface area contributed by atoms with Gasteiger partial charge in [0.1, 0.15) is 24.2 Å². The van der Waals surface area contributed by atoms with Gasteiger partial charge >= 0.3 is 23.9 Å². The lowest BCUT2D eigenvalue weighted by molar-refractivity contribution is -0.0646. The number of carbonyl (C=O) groups is 4. The number of nitrogens with zero attached hydrogens (tertiary/aromatic N) is 1. The van der Waals surface area contributed by atoms with Gasteiger partial charge in [0.05, 0.1) is 23.3 Å². The topological polar surface area (TPSA) is 157 Å². The minimum Gasteiger partial charge on any atom is -0.508 e.